The number of aromatic nitrogens is 2. The normalized spacial score (nSPS) is 17.2. The van der Waals surface area contributed by atoms with Gasteiger partial charge in [0.2, 0.25) is 0 Å². The Balaban J connectivity index is 1.57. The van der Waals surface area contributed by atoms with Gasteiger partial charge in [0.1, 0.15) is 11.3 Å². The molecule has 1 aromatic carbocycles. The van der Waals surface area contributed by atoms with Gasteiger partial charge in [0.25, 0.3) is 5.91 Å². The van der Waals surface area contributed by atoms with E-state index in [1.165, 1.54) is 20.5 Å². The maximum absolute atomic E-state index is 13.0. The SMILES string of the molecule is CCc1c(-c2nc3cc(C(=O)N4CCC[C@@H](N)C4)ccn3c2C)sc2ccccc12. The summed E-state index contributed by atoms with van der Waals surface area (Å²) in [5.74, 6) is 0.0472. The molecule has 1 fully saturated rings. The number of fused-ring (bicyclic) bond motifs is 2. The monoisotopic (exact) mass is 418 g/mol. The topological polar surface area (TPSA) is 63.6 Å². The van der Waals surface area contributed by atoms with Crippen molar-refractivity contribution in [1.82, 2.24) is 14.3 Å². The van der Waals surface area contributed by atoms with Gasteiger partial charge in [-0.1, -0.05) is 25.1 Å². The molecule has 30 heavy (non-hydrogen) atoms. The number of hydrogen-bond donors (Lipinski definition) is 1. The molecule has 1 aliphatic rings. The van der Waals surface area contributed by atoms with Crippen molar-refractivity contribution in [2.24, 2.45) is 5.73 Å². The molecular formula is C24H26N4OS. The Morgan fingerprint density at radius 3 is 2.93 bits per heavy atom. The molecule has 0 unspecified atom stereocenters. The summed E-state index contributed by atoms with van der Waals surface area (Å²) >= 11 is 1.80. The number of pyridine rings is 1. The minimum Gasteiger partial charge on any atom is -0.337 e. The summed E-state index contributed by atoms with van der Waals surface area (Å²) in [5, 5.41) is 1.31. The van der Waals surface area contributed by atoms with Crippen LogP contribution in [0.5, 0.6) is 0 Å². The van der Waals surface area contributed by atoms with Gasteiger partial charge in [-0.05, 0) is 55.3 Å². The van der Waals surface area contributed by atoms with Gasteiger partial charge in [-0.15, -0.1) is 11.3 Å². The Morgan fingerprint density at radius 1 is 1.30 bits per heavy atom. The number of thiophene rings is 1. The van der Waals surface area contributed by atoms with Crippen LogP contribution in [0.15, 0.2) is 42.6 Å². The number of carbonyl (C=O) groups is 1. The number of hydrogen-bond acceptors (Lipinski definition) is 4. The van der Waals surface area contributed by atoms with E-state index in [0.717, 1.165) is 42.8 Å². The average Bonchev–Trinajstić information content (AvgIpc) is 3.30. The highest BCUT2D eigenvalue weighted by molar-refractivity contribution is 7.22. The van der Waals surface area contributed by atoms with Crippen molar-refractivity contribution in [2.75, 3.05) is 13.1 Å². The molecule has 0 bridgehead atoms. The molecule has 4 heterocycles. The van der Waals surface area contributed by atoms with E-state index in [9.17, 15) is 4.79 Å². The number of imidazole rings is 1. The lowest BCUT2D eigenvalue weighted by molar-refractivity contribution is 0.0709. The first-order valence-electron chi connectivity index (χ1n) is 10.6. The number of carbonyl (C=O) groups excluding carboxylic acids is 1. The highest BCUT2D eigenvalue weighted by Crippen LogP contribution is 2.40. The van der Waals surface area contributed by atoms with Crippen molar-refractivity contribution in [3.8, 4) is 10.6 Å². The summed E-state index contributed by atoms with van der Waals surface area (Å²) in [6, 6.07) is 12.4. The molecule has 5 nitrogen and oxygen atoms in total. The molecule has 5 rings (SSSR count). The molecule has 0 radical (unpaired) electrons. The molecule has 1 amide bonds. The molecule has 1 aliphatic heterocycles. The minimum atomic E-state index is 0.0472. The number of likely N-dealkylation sites (tertiary alicyclic amines) is 1. The van der Waals surface area contributed by atoms with Crippen LogP contribution >= 0.6 is 11.3 Å². The zero-order valence-corrected chi connectivity index (χ0v) is 18.2. The van der Waals surface area contributed by atoms with Crippen LogP contribution in [-0.4, -0.2) is 39.3 Å². The summed E-state index contributed by atoms with van der Waals surface area (Å²) in [7, 11) is 0. The predicted molar refractivity (Wildman–Crippen MR) is 123 cm³/mol. The van der Waals surface area contributed by atoms with Crippen molar-refractivity contribution in [1.29, 1.82) is 0 Å². The largest absolute Gasteiger partial charge is 0.337 e. The van der Waals surface area contributed by atoms with E-state index in [1.807, 2.05) is 23.2 Å². The Labute approximate surface area is 180 Å². The summed E-state index contributed by atoms with van der Waals surface area (Å²) < 4.78 is 3.37. The number of piperidine rings is 1. The Kier molecular flexibility index (Phi) is 4.83. The van der Waals surface area contributed by atoms with Crippen molar-refractivity contribution in [3.63, 3.8) is 0 Å². The Hall–Kier alpha value is -2.70. The zero-order chi connectivity index (χ0) is 20.8. The second-order valence-corrected chi connectivity index (χ2v) is 9.15. The van der Waals surface area contributed by atoms with Crippen molar-refractivity contribution in [3.05, 3.63) is 59.4 Å². The molecule has 0 aliphatic carbocycles. The van der Waals surface area contributed by atoms with Crippen LogP contribution in [0.2, 0.25) is 0 Å². The summed E-state index contributed by atoms with van der Waals surface area (Å²) in [6.07, 6.45) is 4.89. The van der Waals surface area contributed by atoms with E-state index in [4.69, 9.17) is 10.7 Å². The molecular weight excluding hydrogens is 392 g/mol. The highest BCUT2D eigenvalue weighted by atomic mass is 32.1. The Bertz CT molecular complexity index is 1260. The van der Waals surface area contributed by atoms with Gasteiger partial charge in [0.15, 0.2) is 0 Å². The molecule has 0 saturated carbocycles. The average molecular weight is 419 g/mol. The number of rotatable bonds is 3. The van der Waals surface area contributed by atoms with Gasteiger partial charge in [0.05, 0.1) is 4.88 Å². The summed E-state index contributed by atoms with van der Waals surface area (Å²) in [4.78, 5) is 21.1. The van der Waals surface area contributed by atoms with Gasteiger partial charge in [-0.3, -0.25) is 4.79 Å². The first-order valence-corrected chi connectivity index (χ1v) is 11.4. The van der Waals surface area contributed by atoms with E-state index in [-0.39, 0.29) is 11.9 Å². The van der Waals surface area contributed by atoms with Crippen LogP contribution in [0.3, 0.4) is 0 Å². The third-order valence-corrected chi connectivity index (χ3v) is 7.34. The fraction of sp³-hybridized carbons (Fsp3) is 0.333. The second kappa shape index (κ2) is 7.52. The molecule has 1 saturated heterocycles. The van der Waals surface area contributed by atoms with Crippen LogP contribution in [0.1, 0.15) is 41.4 Å². The standard InChI is InChI=1S/C24H26N4OS/c1-3-18-19-8-4-5-9-20(19)30-23(18)22-15(2)28-12-10-16(13-21(28)26-22)24(29)27-11-6-7-17(25)14-27/h4-5,8-10,12-13,17H,3,6-7,11,14,25H2,1-2H3/t17-/m1/s1. The molecule has 154 valence electrons. The lowest BCUT2D eigenvalue weighted by Crippen LogP contribution is -2.45. The van der Waals surface area contributed by atoms with E-state index in [2.05, 4.69) is 42.5 Å². The quantitative estimate of drug-likeness (QED) is 0.527. The van der Waals surface area contributed by atoms with Crippen LogP contribution < -0.4 is 5.73 Å². The Morgan fingerprint density at radius 2 is 2.13 bits per heavy atom. The number of nitrogens with two attached hydrogens (primary N) is 1. The number of nitrogens with zero attached hydrogens (tertiary/aromatic N) is 3. The zero-order valence-electron chi connectivity index (χ0n) is 17.4. The third-order valence-electron chi connectivity index (χ3n) is 6.12. The van der Waals surface area contributed by atoms with Crippen LogP contribution in [0.4, 0.5) is 0 Å². The maximum atomic E-state index is 13.0. The third kappa shape index (κ3) is 3.11. The second-order valence-electron chi connectivity index (χ2n) is 8.10. The first kappa shape index (κ1) is 19.3. The highest BCUT2D eigenvalue weighted by Gasteiger charge is 2.24. The lowest BCUT2D eigenvalue weighted by Gasteiger charge is -2.30. The van der Waals surface area contributed by atoms with Gasteiger partial charge >= 0.3 is 0 Å². The molecule has 6 heteroatoms. The minimum absolute atomic E-state index is 0.0472. The van der Waals surface area contributed by atoms with Gasteiger partial charge in [0, 0.05) is 41.3 Å². The van der Waals surface area contributed by atoms with E-state index in [1.54, 1.807) is 11.3 Å². The van der Waals surface area contributed by atoms with E-state index in [0.29, 0.717) is 12.1 Å². The number of benzene rings is 1. The smallest absolute Gasteiger partial charge is 0.254 e. The van der Waals surface area contributed by atoms with Crippen molar-refractivity contribution in [2.45, 2.75) is 39.2 Å². The van der Waals surface area contributed by atoms with Gasteiger partial charge in [-0.25, -0.2) is 4.98 Å². The molecule has 0 spiro atoms. The molecule has 4 aromatic rings. The van der Waals surface area contributed by atoms with Crippen molar-refractivity contribution >= 4 is 33.0 Å². The van der Waals surface area contributed by atoms with Crippen molar-refractivity contribution < 1.29 is 4.79 Å². The van der Waals surface area contributed by atoms with Crippen LogP contribution in [0, 0.1) is 6.92 Å². The number of amides is 1. The lowest BCUT2D eigenvalue weighted by atomic mass is 10.1. The molecule has 2 N–H and O–H groups in total. The van der Waals surface area contributed by atoms with E-state index >= 15 is 0 Å². The first-order chi connectivity index (χ1) is 14.6. The maximum Gasteiger partial charge on any atom is 0.254 e. The molecule has 3 aromatic heterocycles. The number of aryl methyl sites for hydroxylation is 2. The summed E-state index contributed by atoms with van der Waals surface area (Å²) in [5.41, 5.74) is 11.0. The fourth-order valence-electron chi connectivity index (χ4n) is 4.53. The predicted octanol–water partition coefficient (Wildman–Crippen LogP) is 4.65. The summed E-state index contributed by atoms with van der Waals surface area (Å²) in [6.45, 7) is 5.70. The van der Waals surface area contributed by atoms with Crippen LogP contribution in [-0.2, 0) is 6.42 Å². The van der Waals surface area contributed by atoms with Gasteiger partial charge < -0.3 is 15.0 Å². The van der Waals surface area contributed by atoms with Gasteiger partial charge in [-0.2, -0.15) is 0 Å². The van der Waals surface area contributed by atoms with E-state index < -0.39 is 0 Å². The molecule has 1 atom stereocenters. The fourth-order valence-corrected chi connectivity index (χ4v) is 5.87. The van der Waals surface area contributed by atoms with Crippen LogP contribution in [0.25, 0.3) is 26.3 Å².